The maximum absolute atomic E-state index is 13.6. The van der Waals surface area contributed by atoms with Gasteiger partial charge in [0.15, 0.2) is 6.29 Å². The van der Waals surface area contributed by atoms with Crippen molar-refractivity contribution in [2.45, 2.75) is 74.1 Å². The summed E-state index contributed by atoms with van der Waals surface area (Å²) >= 11 is 0. The topological polar surface area (TPSA) is 144 Å². The molecule has 2 aromatic carbocycles. The van der Waals surface area contributed by atoms with Crippen LogP contribution in [0.2, 0.25) is 0 Å². The number of carbonyl (C=O) groups excluding carboxylic acids is 1. The summed E-state index contributed by atoms with van der Waals surface area (Å²) in [7, 11) is -4.20. The van der Waals surface area contributed by atoms with Gasteiger partial charge in [-0.15, -0.1) is 0 Å². The summed E-state index contributed by atoms with van der Waals surface area (Å²) in [4.78, 5) is 18.8. The van der Waals surface area contributed by atoms with Crippen molar-refractivity contribution in [2.24, 2.45) is 5.92 Å². The third kappa shape index (κ3) is 6.93. The smallest absolute Gasteiger partial charge is 0.407 e. The monoisotopic (exact) mass is 576 g/mol. The van der Waals surface area contributed by atoms with Crippen molar-refractivity contribution in [3.05, 3.63) is 60.2 Å². The van der Waals surface area contributed by atoms with E-state index in [0.29, 0.717) is 19.4 Å². The minimum Gasteiger partial charge on any atom is -0.508 e. The van der Waals surface area contributed by atoms with Crippen LogP contribution in [0.25, 0.3) is 0 Å². The average Bonchev–Trinajstić information content (AvgIpc) is 3.70. The molecule has 2 unspecified atom stereocenters. The Morgan fingerprint density at radius 2 is 1.77 bits per heavy atom. The van der Waals surface area contributed by atoms with Crippen LogP contribution in [0.1, 0.15) is 37.7 Å². The molecule has 2 aliphatic heterocycles. The van der Waals surface area contributed by atoms with E-state index in [0.717, 1.165) is 29.3 Å². The molecule has 0 spiro atoms. The maximum Gasteiger partial charge on any atom is 0.407 e. The van der Waals surface area contributed by atoms with Gasteiger partial charge in [0.25, 0.3) is 10.0 Å². The number of fused-ring (bicyclic) bond motifs is 1. The lowest BCUT2D eigenvalue weighted by Gasteiger charge is -2.31. The number of amides is 1. The van der Waals surface area contributed by atoms with E-state index in [-0.39, 0.29) is 42.0 Å². The Hall–Kier alpha value is -2.74. The molecule has 2 saturated heterocycles. The fourth-order valence-electron chi connectivity index (χ4n) is 5.40. The van der Waals surface area contributed by atoms with Crippen molar-refractivity contribution in [1.29, 1.82) is 0 Å². The van der Waals surface area contributed by atoms with Crippen molar-refractivity contribution >= 4 is 16.1 Å². The normalized spacial score (nSPS) is 24.6. The third-order valence-electron chi connectivity index (χ3n) is 7.62. The summed E-state index contributed by atoms with van der Waals surface area (Å²) in [5.41, 5.74) is 0.838. The molecule has 0 bridgehead atoms. The number of aliphatic hydroxyl groups excluding tert-OH is 1. The molecule has 5 rings (SSSR count). The fraction of sp³-hybridized carbons (Fsp3) is 0.536. The number of aromatic hydroxyl groups is 1. The lowest BCUT2D eigenvalue weighted by molar-refractivity contribution is -0.145. The molecule has 2 heterocycles. The number of rotatable bonds is 11. The predicted octanol–water partition coefficient (Wildman–Crippen LogP) is 2.72. The highest BCUT2D eigenvalue weighted by atomic mass is 32.2. The summed E-state index contributed by atoms with van der Waals surface area (Å²) in [6, 6.07) is 13.5. The highest BCUT2D eigenvalue weighted by Gasteiger charge is 2.44. The number of nitrogens with one attached hydrogen (secondary N) is 1. The molecule has 218 valence electrons. The van der Waals surface area contributed by atoms with Crippen LogP contribution < -0.4 is 5.32 Å². The second-order valence-electron chi connectivity index (χ2n) is 10.5. The Bertz CT molecular complexity index is 1220. The molecule has 5 atom stereocenters. The number of phenols is 1. The molecule has 40 heavy (non-hydrogen) atoms. The van der Waals surface area contributed by atoms with Gasteiger partial charge < -0.3 is 29.7 Å². The molecule has 3 N–H and O–H groups in total. The van der Waals surface area contributed by atoms with Crippen LogP contribution in [-0.4, -0.2) is 79.6 Å². The second kappa shape index (κ2) is 12.8. The maximum atomic E-state index is 13.6. The van der Waals surface area contributed by atoms with Gasteiger partial charge in [-0.1, -0.05) is 47.6 Å². The van der Waals surface area contributed by atoms with Crippen molar-refractivity contribution in [1.82, 2.24) is 9.79 Å². The number of benzene rings is 2. The summed E-state index contributed by atoms with van der Waals surface area (Å²) in [6.07, 6.45) is 0.947. The number of phenolic OH excluding ortho intramolecular Hbond substituents is 1. The zero-order valence-corrected chi connectivity index (χ0v) is 22.9. The molecule has 3 aliphatic rings. The third-order valence-corrected chi connectivity index (χ3v) is 9.26. The van der Waals surface area contributed by atoms with Crippen molar-refractivity contribution in [3.8, 4) is 5.75 Å². The molecular weight excluding hydrogens is 540 g/mol. The molecule has 12 heteroatoms. The summed E-state index contributed by atoms with van der Waals surface area (Å²) in [6.45, 7) is 0.337. The molecule has 1 saturated carbocycles. The number of ether oxygens (including phenoxy) is 3. The van der Waals surface area contributed by atoms with Crippen LogP contribution in [0.3, 0.4) is 0 Å². The number of hydroxylamine groups is 1. The van der Waals surface area contributed by atoms with Crippen molar-refractivity contribution < 1.29 is 42.5 Å². The van der Waals surface area contributed by atoms with Crippen LogP contribution in [0.15, 0.2) is 59.5 Å². The molecule has 2 aromatic rings. The fourth-order valence-corrected chi connectivity index (χ4v) is 6.69. The SMILES string of the molecule is O=C(NC(Cc1ccccc1)[C@@H](O)CN(OC1CCCC1)S(=O)(=O)c1ccc(O)cc1)OC1CO[C@@H]2OCC[C@H]12. The predicted molar refractivity (Wildman–Crippen MR) is 142 cm³/mol. The quantitative estimate of drug-likeness (QED) is 0.344. The van der Waals surface area contributed by atoms with Gasteiger partial charge in [-0.2, -0.15) is 0 Å². The number of sulfonamides is 1. The van der Waals surface area contributed by atoms with Gasteiger partial charge in [0.1, 0.15) is 11.9 Å². The second-order valence-corrected chi connectivity index (χ2v) is 12.3. The molecule has 0 radical (unpaired) electrons. The van der Waals surface area contributed by atoms with Crippen LogP contribution in [0, 0.1) is 5.92 Å². The number of alkyl carbamates (subject to hydrolysis) is 1. The summed E-state index contributed by atoms with van der Waals surface area (Å²) < 4.78 is 44.7. The summed E-state index contributed by atoms with van der Waals surface area (Å²) in [5.74, 6) is -0.120. The zero-order chi connectivity index (χ0) is 28.1. The molecule has 1 amide bonds. The Morgan fingerprint density at radius 1 is 1.05 bits per heavy atom. The molecule has 1 aliphatic carbocycles. The zero-order valence-electron chi connectivity index (χ0n) is 22.1. The van der Waals surface area contributed by atoms with Crippen LogP contribution in [0.5, 0.6) is 5.75 Å². The van der Waals surface area contributed by atoms with E-state index in [9.17, 15) is 23.4 Å². The van der Waals surface area contributed by atoms with E-state index in [2.05, 4.69) is 5.32 Å². The Labute approximate surface area is 234 Å². The largest absolute Gasteiger partial charge is 0.508 e. The van der Waals surface area contributed by atoms with E-state index in [4.69, 9.17) is 19.0 Å². The standard InChI is InChI=1S/C28H36N2O9S/c31-20-10-12-22(13-11-20)40(34,35)30(39-21-8-4-5-9-21)17-25(32)24(16-19-6-2-1-3-7-19)29-28(33)38-26-18-37-27-23(26)14-15-36-27/h1-3,6-7,10-13,21,23-27,31-32H,4-5,8-9,14-18H2,(H,29,33)/t23-,24?,25+,26?,27+/m1/s1. The number of carbonyl (C=O) groups is 1. The Kier molecular flexibility index (Phi) is 9.24. The van der Waals surface area contributed by atoms with Gasteiger partial charge >= 0.3 is 6.09 Å². The first-order chi connectivity index (χ1) is 19.3. The van der Waals surface area contributed by atoms with Crippen molar-refractivity contribution in [3.63, 3.8) is 0 Å². The van der Waals surface area contributed by atoms with E-state index >= 15 is 0 Å². The van der Waals surface area contributed by atoms with Gasteiger partial charge in [-0.3, -0.25) is 4.84 Å². The highest BCUT2D eigenvalue weighted by Crippen LogP contribution is 2.33. The highest BCUT2D eigenvalue weighted by molar-refractivity contribution is 7.89. The minimum atomic E-state index is -4.20. The van der Waals surface area contributed by atoms with Gasteiger partial charge in [-0.05, 0) is 55.5 Å². The number of hydrogen-bond donors (Lipinski definition) is 3. The van der Waals surface area contributed by atoms with E-state index in [1.807, 2.05) is 30.3 Å². The molecule has 3 fully saturated rings. The number of hydrogen-bond acceptors (Lipinski definition) is 9. The van der Waals surface area contributed by atoms with Crippen LogP contribution in [0.4, 0.5) is 4.79 Å². The first-order valence-electron chi connectivity index (χ1n) is 13.7. The van der Waals surface area contributed by atoms with Crippen molar-refractivity contribution in [2.75, 3.05) is 19.8 Å². The molecule has 11 nitrogen and oxygen atoms in total. The van der Waals surface area contributed by atoms with Gasteiger partial charge in [-0.25, -0.2) is 13.2 Å². The lowest BCUT2D eigenvalue weighted by atomic mass is 10.0. The van der Waals surface area contributed by atoms with E-state index in [1.54, 1.807) is 0 Å². The van der Waals surface area contributed by atoms with E-state index in [1.165, 1.54) is 24.3 Å². The summed E-state index contributed by atoms with van der Waals surface area (Å²) in [5, 5.41) is 23.8. The molecular formula is C28H36N2O9S. The van der Waals surface area contributed by atoms with Crippen LogP contribution >= 0.6 is 0 Å². The van der Waals surface area contributed by atoms with Gasteiger partial charge in [0, 0.05) is 0 Å². The van der Waals surface area contributed by atoms with Gasteiger partial charge in [0.05, 0.1) is 48.8 Å². The lowest BCUT2D eigenvalue weighted by Crippen LogP contribution is -2.51. The van der Waals surface area contributed by atoms with E-state index < -0.39 is 40.9 Å². The first kappa shape index (κ1) is 28.8. The number of aliphatic hydroxyl groups is 1. The first-order valence-corrected chi connectivity index (χ1v) is 15.1. The van der Waals surface area contributed by atoms with Crippen LogP contribution in [-0.2, 0) is 35.5 Å². The molecule has 0 aromatic heterocycles. The number of nitrogens with zero attached hydrogens (tertiary/aromatic N) is 1. The minimum absolute atomic E-state index is 0.0472. The Balaban J connectivity index is 1.33. The Morgan fingerprint density at radius 3 is 2.50 bits per heavy atom. The average molecular weight is 577 g/mol. The van der Waals surface area contributed by atoms with Gasteiger partial charge in [0.2, 0.25) is 0 Å².